The van der Waals surface area contributed by atoms with E-state index < -0.39 is 23.6 Å². The first-order valence-electron chi connectivity index (χ1n) is 4.88. The standard InChI is InChI=1S/C10H12N2O4.HI/c1-6-4-12(10(15)11-9(6)14)8-3-2-7(5-13)16-8;/h2-4,7-8,13H,5H2,1H3,(H,11,14,15);1H/t7-,8+;/m0./s1. The first-order valence-corrected chi connectivity index (χ1v) is 4.88. The van der Waals surface area contributed by atoms with Gasteiger partial charge in [0.1, 0.15) is 6.10 Å². The lowest BCUT2D eigenvalue weighted by atomic mass is 10.3. The number of hydrogen-bond acceptors (Lipinski definition) is 4. The molecule has 7 heteroatoms. The van der Waals surface area contributed by atoms with E-state index in [-0.39, 0.29) is 30.6 Å². The molecule has 6 nitrogen and oxygen atoms in total. The second-order valence-electron chi connectivity index (χ2n) is 3.61. The van der Waals surface area contributed by atoms with E-state index in [1.165, 1.54) is 10.8 Å². The summed E-state index contributed by atoms with van der Waals surface area (Å²) in [7, 11) is 0. The zero-order valence-corrected chi connectivity index (χ0v) is 11.5. The van der Waals surface area contributed by atoms with Gasteiger partial charge in [0.25, 0.3) is 5.56 Å². The van der Waals surface area contributed by atoms with Gasteiger partial charge >= 0.3 is 5.69 Å². The normalized spacial score (nSPS) is 22.5. The molecule has 0 amide bonds. The van der Waals surface area contributed by atoms with E-state index in [9.17, 15) is 9.59 Å². The summed E-state index contributed by atoms with van der Waals surface area (Å²) in [6, 6.07) is 0. The molecule has 2 N–H and O–H groups in total. The molecular weight excluding hydrogens is 339 g/mol. The second-order valence-corrected chi connectivity index (χ2v) is 3.61. The number of aliphatic hydroxyl groups excluding tert-OH is 1. The molecule has 0 aliphatic carbocycles. The molecule has 1 aliphatic rings. The molecule has 0 saturated carbocycles. The number of aromatic nitrogens is 2. The summed E-state index contributed by atoms with van der Waals surface area (Å²) >= 11 is 0. The Morgan fingerprint density at radius 1 is 1.47 bits per heavy atom. The van der Waals surface area contributed by atoms with Crippen LogP contribution in [0.4, 0.5) is 0 Å². The lowest BCUT2D eigenvalue weighted by Crippen LogP contribution is -2.33. The number of nitrogens with zero attached hydrogens (tertiary/aromatic N) is 1. The van der Waals surface area contributed by atoms with Crippen LogP contribution in [-0.4, -0.2) is 27.4 Å². The molecule has 0 unspecified atom stereocenters. The molecule has 0 radical (unpaired) electrons. The van der Waals surface area contributed by atoms with Crippen LogP contribution in [0.5, 0.6) is 0 Å². The SMILES string of the molecule is Cc1cn([C@H]2C=C[C@@H](CO)O2)c(=O)[nH]c1=O.I. The molecule has 17 heavy (non-hydrogen) atoms. The molecule has 1 aromatic rings. The van der Waals surface area contributed by atoms with Gasteiger partial charge in [0, 0.05) is 11.8 Å². The number of halogens is 1. The molecule has 94 valence electrons. The molecule has 0 spiro atoms. The van der Waals surface area contributed by atoms with E-state index in [1.54, 1.807) is 19.1 Å². The minimum absolute atomic E-state index is 0. The Balaban J connectivity index is 0.00000144. The first kappa shape index (κ1) is 14.1. The van der Waals surface area contributed by atoms with Crippen molar-refractivity contribution < 1.29 is 9.84 Å². The zero-order chi connectivity index (χ0) is 11.7. The number of rotatable bonds is 2. The maximum absolute atomic E-state index is 11.5. The van der Waals surface area contributed by atoms with Gasteiger partial charge in [0.2, 0.25) is 0 Å². The summed E-state index contributed by atoms with van der Waals surface area (Å²) in [6.45, 7) is 1.47. The van der Waals surface area contributed by atoms with Crippen molar-refractivity contribution in [3.8, 4) is 0 Å². The van der Waals surface area contributed by atoms with Gasteiger partial charge in [-0.15, -0.1) is 24.0 Å². The average molecular weight is 352 g/mol. The summed E-state index contributed by atoms with van der Waals surface area (Å²) in [5, 5.41) is 8.88. The van der Waals surface area contributed by atoms with Gasteiger partial charge in [-0.2, -0.15) is 0 Å². The Morgan fingerprint density at radius 2 is 2.18 bits per heavy atom. The number of ether oxygens (including phenoxy) is 1. The van der Waals surface area contributed by atoms with Gasteiger partial charge in [-0.05, 0) is 13.0 Å². The smallest absolute Gasteiger partial charge is 0.330 e. The highest BCUT2D eigenvalue weighted by Crippen LogP contribution is 2.18. The predicted molar refractivity (Wildman–Crippen MR) is 71.6 cm³/mol. The van der Waals surface area contributed by atoms with Crippen molar-refractivity contribution in [2.45, 2.75) is 19.3 Å². The van der Waals surface area contributed by atoms with Gasteiger partial charge < -0.3 is 9.84 Å². The molecule has 2 atom stereocenters. The number of hydrogen-bond donors (Lipinski definition) is 2. The van der Waals surface area contributed by atoms with E-state index in [4.69, 9.17) is 9.84 Å². The zero-order valence-electron chi connectivity index (χ0n) is 9.12. The Kier molecular flexibility index (Phi) is 4.66. The average Bonchev–Trinajstić information content (AvgIpc) is 2.71. The van der Waals surface area contributed by atoms with E-state index in [1.807, 2.05) is 0 Å². The first-order chi connectivity index (χ1) is 7.61. The Labute approximate surface area is 114 Å². The summed E-state index contributed by atoms with van der Waals surface area (Å²) in [5.74, 6) is 0. The van der Waals surface area contributed by atoms with Gasteiger partial charge in [-0.1, -0.05) is 6.08 Å². The molecule has 1 aromatic heterocycles. The summed E-state index contributed by atoms with van der Waals surface area (Å²) in [6.07, 6.45) is 3.82. The molecule has 2 rings (SSSR count). The monoisotopic (exact) mass is 352 g/mol. The molecule has 1 aliphatic heterocycles. The van der Waals surface area contributed by atoms with Gasteiger partial charge in [0.15, 0.2) is 6.23 Å². The minimum atomic E-state index is -0.569. The third kappa shape index (κ3) is 2.85. The maximum Gasteiger partial charge on any atom is 0.330 e. The van der Waals surface area contributed by atoms with E-state index in [2.05, 4.69) is 4.98 Å². The quantitative estimate of drug-likeness (QED) is 0.576. The largest absolute Gasteiger partial charge is 0.393 e. The van der Waals surface area contributed by atoms with E-state index in [0.717, 1.165) is 0 Å². The number of H-pyrrole nitrogens is 1. The fourth-order valence-corrected chi connectivity index (χ4v) is 1.53. The van der Waals surface area contributed by atoms with Crippen molar-refractivity contribution in [3.63, 3.8) is 0 Å². The summed E-state index contributed by atoms with van der Waals surface area (Å²) < 4.78 is 6.63. The predicted octanol–water partition coefficient (Wildman–Crippen LogP) is -0.0911. The van der Waals surface area contributed by atoms with E-state index in [0.29, 0.717) is 5.56 Å². The van der Waals surface area contributed by atoms with Gasteiger partial charge in [-0.25, -0.2) is 4.79 Å². The van der Waals surface area contributed by atoms with Crippen LogP contribution >= 0.6 is 24.0 Å². The summed E-state index contributed by atoms with van der Waals surface area (Å²) in [4.78, 5) is 24.9. The Bertz CT molecular complexity index is 534. The van der Waals surface area contributed by atoms with Crippen LogP contribution in [0.15, 0.2) is 27.9 Å². The number of aliphatic hydroxyl groups is 1. The molecule has 0 bridgehead atoms. The fourth-order valence-electron chi connectivity index (χ4n) is 1.53. The molecule has 2 heterocycles. The molecule has 0 aromatic carbocycles. The third-order valence-electron chi connectivity index (χ3n) is 2.40. The van der Waals surface area contributed by atoms with E-state index >= 15 is 0 Å². The Morgan fingerprint density at radius 3 is 2.76 bits per heavy atom. The molecule has 0 saturated heterocycles. The van der Waals surface area contributed by atoms with Crippen molar-refractivity contribution in [2.24, 2.45) is 0 Å². The van der Waals surface area contributed by atoms with Crippen molar-refractivity contribution >= 4 is 24.0 Å². The van der Waals surface area contributed by atoms with Crippen LogP contribution in [0.1, 0.15) is 11.8 Å². The highest BCUT2D eigenvalue weighted by molar-refractivity contribution is 14.0. The lowest BCUT2D eigenvalue weighted by molar-refractivity contribution is -0.0104. The third-order valence-corrected chi connectivity index (χ3v) is 2.40. The van der Waals surface area contributed by atoms with Crippen molar-refractivity contribution in [3.05, 3.63) is 44.8 Å². The minimum Gasteiger partial charge on any atom is -0.393 e. The van der Waals surface area contributed by atoms with Crippen LogP contribution < -0.4 is 11.2 Å². The van der Waals surface area contributed by atoms with Gasteiger partial charge in [0.05, 0.1) is 6.61 Å². The molecule has 0 fully saturated rings. The number of aromatic amines is 1. The fraction of sp³-hybridized carbons (Fsp3) is 0.400. The number of aryl methyl sites for hydroxylation is 1. The summed E-state index contributed by atoms with van der Waals surface area (Å²) in [5.41, 5.74) is -0.491. The van der Waals surface area contributed by atoms with Crippen LogP contribution in [0.3, 0.4) is 0 Å². The Hall–Kier alpha value is -0.930. The maximum atomic E-state index is 11.5. The van der Waals surface area contributed by atoms with Crippen LogP contribution in [0.2, 0.25) is 0 Å². The highest BCUT2D eigenvalue weighted by Gasteiger charge is 2.20. The topological polar surface area (TPSA) is 84.3 Å². The van der Waals surface area contributed by atoms with Crippen molar-refractivity contribution in [1.82, 2.24) is 9.55 Å². The van der Waals surface area contributed by atoms with Gasteiger partial charge in [-0.3, -0.25) is 14.3 Å². The van der Waals surface area contributed by atoms with Crippen LogP contribution in [0.25, 0.3) is 0 Å². The number of nitrogens with one attached hydrogen (secondary N) is 1. The van der Waals surface area contributed by atoms with Crippen molar-refractivity contribution in [2.75, 3.05) is 6.61 Å². The second kappa shape index (κ2) is 5.61. The molecular formula is C10H13IN2O4. The van der Waals surface area contributed by atoms with Crippen molar-refractivity contribution in [1.29, 1.82) is 0 Å². The highest BCUT2D eigenvalue weighted by atomic mass is 127. The van der Waals surface area contributed by atoms with Crippen LogP contribution in [0, 0.1) is 6.92 Å². The van der Waals surface area contributed by atoms with Crippen LogP contribution in [-0.2, 0) is 4.74 Å². The lowest BCUT2D eigenvalue weighted by Gasteiger charge is -2.14.